The maximum absolute atomic E-state index is 11.1. The van der Waals surface area contributed by atoms with Gasteiger partial charge in [0.2, 0.25) is 0 Å². The van der Waals surface area contributed by atoms with Crippen LogP contribution in [-0.2, 0) is 4.79 Å². The second-order valence-electron chi connectivity index (χ2n) is 5.07. The summed E-state index contributed by atoms with van der Waals surface area (Å²) >= 11 is 2.38. The third-order valence-electron chi connectivity index (χ3n) is 3.32. The van der Waals surface area contributed by atoms with E-state index in [2.05, 4.69) is 43.4 Å². The van der Waals surface area contributed by atoms with Crippen LogP contribution in [0, 0.1) is 17.3 Å². The zero-order chi connectivity index (χ0) is 12.1. The highest BCUT2D eigenvalue weighted by atomic mass is 127. The standard InChI is InChI=1S/C12H23IO2/c1-5-6-10(11(14)15)7-12(3,4)9(2)8-13/h9-10H,5-8H2,1-4H3,(H,14,15). The van der Waals surface area contributed by atoms with Gasteiger partial charge in [0.05, 0.1) is 5.92 Å². The second-order valence-corrected chi connectivity index (χ2v) is 5.95. The fraction of sp³-hybridized carbons (Fsp3) is 0.917. The molecule has 0 fully saturated rings. The third kappa shape index (κ3) is 5.18. The normalized spacial score (nSPS) is 16.1. The fourth-order valence-corrected chi connectivity index (χ4v) is 2.90. The third-order valence-corrected chi connectivity index (χ3v) is 4.65. The molecule has 90 valence electrons. The molecule has 0 aromatic heterocycles. The van der Waals surface area contributed by atoms with Crippen molar-refractivity contribution in [3.05, 3.63) is 0 Å². The van der Waals surface area contributed by atoms with Crippen LogP contribution in [0.2, 0.25) is 0 Å². The average molecular weight is 326 g/mol. The largest absolute Gasteiger partial charge is 0.481 e. The van der Waals surface area contributed by atoms with Gasteiger partial charge in [-0.05, 0) is 24.2 Å². The molecule has 1 N–H and O–H groups in total. The maximum atomic E-state index is 11.1. The number of hydrogen-bond acceptors (Lipinski definition) is 1. The Kier molecular flexibility index (Phi) is 6.80. The number of carboxylic acids is 1. The molecule has 0 rings (SSSR count). The minimum Gasteiger partial charge on any atom is -0.481 e. The lowest BCUT2D eigenvalue weighted by molar-refractivity contribution is -0.143. The molecule has 0 saturated carbocycles. The molecule has 15 heavy (non-hydrogen) atoms. The topological polar surface area (TPSA) is 37.3 Å². The van der Waals surface area contributed by atoms with Crippen molar-refractivity contribution in [3.63, 3.8) is 0 Å². The van der Waals surface area contributed by atoms with Crippen molar-refractivity contribution in [1.82, 2.24) is 0 Å². The van der Waals surface area contributed by atoms with Gasteiger partial charge < -0.3 is 5.11 Å². The highest BCUT2D eigenvalue weighted by Gasteiger charge is 2.31. The summed E-state index contributed by atoms with van der Waals surface area (Å²) in [5.74, 6) is -0.238. The molecule has 0 aromatic rings. The lowest BCUT2D eigenvalue weighted by atomic mass is 9.73. The molecule has 0 aliphatic carbocycles. The van der Waals surface area contributed by atoms with E-state index in [1.165, 1.54) is 0 Å². The number of halogens is 1. The zero-order valence-electron chi connectivity index (χ0n) is 10.2. The Hall–Kier alpha value is 0.200. The number of carbonyl (C=O) groups is 1. The Morgan fingerprint density at radius 3 is 2.33 bits per heavy atom. The van der Waals surface area contributed by atoms with Crippen LogP contribution < -0.4 is 0 Å². The minimum absolute atomic E-state index is 0.124. The Bertz CT molecular complexity index is 202. The molecule has 0 aromatic carbocycles. The summed E-state index contributed by atoms with van der Waals surface area (Å²) in [7, 11) is 0. The van der Waals surface area contributed by atoms with Gasteiger partial charge >= 0.3 is 5.97 Å². The van der Waals surface area contributed by atoms with E-state index in [9.17, 15) is 4.79 Å². The maximum Gasteiger partial charge on any atom is 0.306 e. The Morgan fingerprint density at radius 1 is 1.47 bits per heavy atom. The highest BCUT2D eigenvalue weighted by Crippen LogP contribution is 2.36. The van der Waals surface area contributed by atoms with E-state index in [-0.39, 0.29) is 11.3 Å². The first-order valence-electron chi connectivity index (χ1n) is 5.64. The second kappa shape index (κ2) is 6.71. The van der Waals surface area contributed by atoms with Gasteiger partial charge in [-0.15, -0.1) is 0 Å². The number of hydrogen-bond donors (Lipinski definition) is 1. The minimum atomic E-state index is -0.634. The van der Waals surface area contributed by atoms with E-state index in [4.69, 9.17) is 5.11 Å². The molecular formula is C12H23IO2. The lowest BCUT2D eigenvalue weighted by Gasteiger charge is -2.33. The quantitative estimate of drug-likeness (QED) is 0.568. The molecule has 0 bridgehead atoms. The van der Waals surface area contributed by atoms with Crippen molar-refractivity contribution >= 4 is 28.6 Å². The molecule has 3 heteroatoms. The first-order chi connectivity index (χ1) is 6.85. The van der Waals surface area contributed by atoms with Gasteiger partial charge in [0.15, 0.2) is 0 Å². The van der Waals surface area contributed by atoms with Crippen LogP contribution in [-0.4, -0.2) is 15.5 Å². The SMILES string of the molecule is CCCC(CC(C)(C)C(C)CI)C(=O)O. The molecule has 0 aliphatic rings. The van der Waals surface area contributed by atoms with Crippen LogP contribution in [0.15, 0.2) is 0 Å². The summed E-state index contributed by atoms with van der Waals surface area (Å²) in [6.07, 6.45) is 2.54. The lowest BCUT2D eigenvalue weighted by Crippen LogP contribution is -2.29. The van der Waals surface area contributed by atoms with Crippen molar-refractivity contribution in [2.45, 2.75) is 47.0 Å². The Morgan fingerprint density at radius 2 is 2.00 bits per heavy atom. The van der Waals surface area contributed by atoms with Gasteiger partial charge in [0.25, 0.3) is 0 Å². The number of carboxylic acid groups (broad SMARTS) is 1. The van der Waals surface area contributed by atoms with Crippen LogP contribution >= 0.6 is 22.6 Å². The Balaban J connectivity index is 4.44. The summed E-state index contributed by atoms with van der Waals surface area (Å²) in [6.45, 7) is 8.62. The van der Waals surface area contributed by atoms with Gasteiger partial charge in [-0.2, -0.15) is 0 Å². The molecule has 0 radical (unpaired) electrons. The van der Waals surface area contributed by atoms with Gasteiger partial charge in [-0.1, -0.05) is 56.7 Å². The van der Waals surface area contributed by atoms with Crippen molar-refractivity contribution < 1.29 is 9.90 Å². The summed E-state index contributed by atoms with van der Waals surface area (Å²) < 4.78 is 1.09. The zero-order valence-corrected chi connectivity index (χ0v) is 12.4. The van der Waals surface area contributed by atoms with Gasteiger partial charge in [-0.25, -0.2) is 0 Å². The first-order valence-corrected chi connectivity index (χ1v) is 7.16. The molecular weight excluding hydrogens is 303 g/mol. The van der Waals surface area contributed by atoms with Crippen LogP contribution in [0.5, 0.6) is 0 Å². The molecule has 0 saturated heterocycles. The van der Waals surface area contributed by atoms with E-state index < -0.39 is 5.97 Å². The predicted octanol–water partition coefficient (Wildman–Crippen LogP) is 3.97. The molecule has 2 unspecified atom stereocenters. The fourth-order valence-electron chi connectivity index (χ4n) is 1.71. The Labute approximate surface area is 107 Å². The van der Waals surface area contributed by atoms with E-state index >= 15 is 0 Å². The van der Waals surface area contributed by atoms with Gasteiger partial charge in [0.1, 0.15) is 0 Å². The molecule has 0 heterocycles. The van der Waals surface area contributed by atoms with E-state index in [0.29, 0.717) is 5.92 Å². The van der Waals surface area contributed by atoms with Crippen molar-refractivity contribution in [1.29, 1.82) is 0 Å². The van der Waals surface area contributed by atoms with Crippen LogP contribution in [0.1, 0.15) is 47.0 Å². The predicted molar refractivity (Wildman–Crippen MR) is 72.5 cm³/mol. The molecule has 2 nitrogen and oxygen atoms in total. The molecule has 2 atom stereocenters. The van der Waals surface area contributed by atoms with Gasteiger partial charge in [0, 0.05) is 4.43 Å². The average Bonchev–Trinajstić information content (AvgIpc) is 2.15. The summed E-state index contributed by atoms with van der Waals surface area (Å²) in [5.41, 5.74) is 0.124. The van der Waals surface area contributed by atoms with E-state index in [0.717, 1.165) is 23.7 Å². The van der Waals surface area contributed by atoms with Crippen molar-refractivity contribution in [3.8, 4) is 0 Å². The van der Waals surface area contributed by atoms with E-state index in [1.807, 2.05) is 6.92 Å². The molecule has 0 amide bonds. The molecule has 0 spiro atoms. The highest BCUT2D eigenvalue weighted by molar-refractivity contribution is 14.1. The van der Waals surface area contributed by atoms with Crippen molar-refractivity contribution in [2.24, 2.45) is 17.3 Å². The van der Waals surface area contributed by atoms with Gasteiger partial charge in [-0.3, -0.25) is 4.79 Å². The van der Waals surface area contributed by atoms with E-state index in [1.54, 1.807) is 0 Å². The summed E-state index contributed by atoms with van der Waals surface area (Å²) in [4.78, 5) is 11.1. The number of rotatable bonds is 7. The smallest absolute Gasteiger partial charge is 0.306 e. The number of aliphatic carboxylic acids is 1. The summed E-state index contributed by atoms with van der Waals surface area (Å²) in [5, 5.41) is 9.12. The molecule has 0 aliphatic heterocycles. The van der Waals surface area contributed by atoms with Crippen molar-refractivity contribution in [2.75, 3.05) is 4.43 Å². The summed E-state index contributed by atoms with van der Waals surface area (Å²) in [6, 6.07) is 0. The number of alkyl halides is 1. The van der Waals surface area contributed by atoms with Crippen LogP contribution in [0.25, 0.3) is 0 Å². The van der Waals surface area contributed by atoms with Crippen LogP contribution in [0.3, 0.4) is 0 Å². The van der Waals surface area contributed by atoms with Crippen LogP contribution in [0.4, 0.5) is 0 Å². The first kappa shape index (κ1) is 15.2. The monoisotopic (exact) mass is 326 g/mol.